The van der Waals surface area contributed by atoms with Crippen molar-refractivity contribution >= 4 is 16.8 Å². The number of hydrogen-bond acceptors (Lipinski definition) is 3. The van der Waals surface area contributed by atoms with E-state index in [9.17, 15) is 4.79 Å². The fourth-order valence-electron chi connectivity index (χ4n) is 2.92. The van der Waals surface area contributed by atoms with Crippen molar-refractivity contribution < 1.29 is 9.90 Å². The number of likely N-dealkylation sites (N-methyl/N-ethyl adjacent to an activating group) is 1. The van der Waals surface area contributed by atoms with Crippen LogP contribution in [0, 0.1) is 13.8 Å². The molecule has 0 saturated heterocycles. The number of aryl methyl sites for hydroxylation is 2. The highest BCUT2D eigenvalue weighted by Gasteiger charge is 2.27. The molecule has 0 aliphatic heterocycles. The number of aromatic nitrogens is 1. The number of fused-ring (bicyclic) bond motifs is 1. The Kier molecular flexibility index (Phi) is 3.87. The van der Waals surface area contributed by atoms with Crippen LogP contribution in [0.4, 0.5) is 0 Å². The normalized spacial score (nSPS) is 14.4. The van der Waals surface area contributed by atoms with E-state index in [1.165, 1.54) is 0 Å². The van der Waals surface area contributed by atoms with Gasteiger partial charge in [-0.1, -0.05) is 11.6 Å². The topological polar surface area (TPSA) is 53.4 Å². The molecule has 1 fully saturated rings. The number of nitrogens with zero attached hydrogens (tertiary/aromatic N) is 2. The van der Waals surface area contributed by atoms with Crippen LogP contribution in [0.5, 0.6) is 0 Å². The van der Waals surface area contributed by atoms with Crippen LogP contribution >= 0.6 is 0 Å². The van der Waals surface area contributed by atoms with Crippen molar-refractivity contribution in [2.24, 2.45) is 0 Å². The van der Waals surface area contributed by atoms with E-state index >= 15 is 0 Å². The fraction of sp³-hybridized carbons (Fsp3) is 0.444. The summed E-state index contributed by atoms with van der Waals surface area (Å²) in [5.74, 6) is 0.452. The number of pyridine rings is 1. The summed E-state index contributed by atoms with van der Waals surface area (Å²) in [6.07, 6.45) is 2.31. The highest BCUT2D eigenvalue weighted by atomic mass is 16.3. The second-order valence-electron chi connectivity index (χ2n) is 6.30. The van der Waals surface area contributed by atoms with Gasteiger partial charge in [0, 0.05) is 30.6 Å². The van der Waals surface area contributed by atoms with Gasteiger partial charge in [-0.05, 0) is 44.4 Å². The zero-order chi connectivity index (χ0) is 15.9. The van der Waals surface area contributed by atoms with Crippen LogP contribution in [-0.4, -0.2) is 41.1 Å². The maximum atomic E-state index is 12.8. The maximum Gasteiger partial charge on any atom is 0.254 e. The molecule has 1 saturated carbocycles. The molecule has 0 unspecified atom stereocenters. The molecule has 1 aliphatic carbocycles. The molecule has 1 N–H and O–H groups in total. The predicted octanol–water partition coefficient (Wildman–Crippen LogP) is 2.79. The number of amides is 1. The summed E-state index contributed by atoms with van der Waals surface area (Å²) in [4.78, 5) is 19.1. The Morgan fingerprint density at radius 3 is 2.68 bits per heavy atom. The number of aliphatic hydroxyl groups excluding tert-OH is 1. The van der Waals surface area contributed by atoms with Crippen molar-refractivity contribution in [3.8, 4) is 0 Å². The van der Waals surface area contributed by atoms with Gasteiger partial charge in [0.15, 0.2) is 0 Å². The molecule has 4 nitrogen and oxygen atoms in total. The second kappa shape index (κ2) is 5.69. The molecule has 4 heteroatoms. The van der Waals surface area contributed by atoms with Crippen LogP contribution in [0.15, 0.2) is 18.2 Å². The number of carbonyl (C=O) groups is 1. The average Bonchev–Trinajstić information content (AvgIpc) is 3.30. The first kappa shape index (κ1) is 15.0. The van der Waals surface area contributed by atoms with Crippen molar-refractivity contribution in [3.63, 3.8) is 0 Å². The van der Waals surface area contributed by atoms with Crippen LogP contribution in [0.1, 0.15) is 45.9 Å². The molecule has 1 aliphatic rings. The minimum absolute atomic E-state index is 0.0290. The van der Waals surface area contributed by atoms with Gasteiger partial charge in [0.25, 0.3) is 5.91 Å². The van der Waals surface area contributed by atoms with E-state index in [0.29, 0.717) is 18.0 Å². The first-order valence-corrected chi connectivity index (χ1v) is 7.79. The van der Waals surface area contributed by atoms with Crippen molar-refractivity contribution in [1.82, 2.24) is 9.88 Å². The van der Waals surface area contributed by atoms with E-state index in [0.717, 1.165) is 40.6 Å². The first-order valence-electron chi connectivity index (χ1n) is 7.79. The number of carbonyl (C=O) groups excluding carboxylic acids is 1. The summed E-state index contributed by atoms with van der Waals surface area (Å²) in [5.41, 5.74) is 4.90. The monoisotopic (exact) mass is 298 g/mol. The molecular formula is C18H22N2O2. The molecule has 0 spiro atoms. The van der Waals surface area contributed by atoms with Crippen molar-refractivity contribution in [2.75, 3.05) is 20.2 Å². The molecule has 1 aromatic heterocycles. The maximum absolute atomic E-state index is 12.8. The van der Waals surface area contributed by atoms with E-state index in [-0.39, 0.29) is 12.5 Å². The predicted molar refractivity (Wildman–Crippen MR) is 87.2 cm³/mol. The van der Waals surface area contributed by atoms with Gasteiger partial charge in [0.05, 0.1) is 17.7 Å². The van der Waals surface area contributed by atoms with Gasteiger partial charge >= 0.3 is 0 Å². The Labute approximate surface area is 130 Å². The lowest BCUT2D eigenvalue weighted by Gasteiger charge is -2.18. The SMILES string of the molecule is Cc1cc(C)c2nc(C3CC3)cc(C(=O)N(C)CCO)c2c1. The third-order valence-electron chi connectivity index (χ3n) is 4.28. The third kappa shape index (κ3) is 2.71. The summed E-state index contributed by atoms with van der Waals surface area (Å²) >= 11 is 0. The Bertz CT molecular complexity index is 735. The fourth-order valence-corrected chi connectivity index (χ4v) is 2.92. The lowest BCUT2D eigenvalue weighted by Crippen LogP contribution is -2.29. The lowest BCUT2D eigenvalue weighted by atomic mass is 10.00. The molecule has 1 heterocycles. The summed E-state index contributed by atoms with van der Waals surface area (Å²) in [7, 11) is 1.73. The molecule has 0 radical (unpaired) electrons. The number of benzene rings is 1. The van der Waals surface area contributed by atoms with E-state index in [1.54, 1.807) is 11.9 Å². The largest absolute Gasteiger partial charge is 0.395 e. The molecule has 1 amide bonds. The lowest BCUT2D eigenvalue weighted by molar-refractivity contribution is 0.0768. The van der Waals surface area contributed by atoms with Gasteiger partial charge < -0.3 is 10.0 Å². The summed E-state index contributed by atoms with van der Waals surface area (Å²) in [6.45, 7) is 4.39. The Morgan fingerprint density at radius 1 is 1.32 bits per heavy atom. The molecule has 0 bridgehead atoms. The molecule has 116 valence electrons. The summed E-state index contributed by atoms with van der Waals surface area (Å²) in [5, 5.41) is 9.99. The van der Waals surface area contributed by atoms with Crippen molar-refractivity contribution in [2.45, 2.75) is 32.6 Å². The summed E-state index contributed by atoms with van der Waals surface area (Å²) < 4.78 is 0. The number of aliphatic hydroxyl groups is 1. The van der Waals surface area contributed by atoms with E-state index < -0.39 is 0 Å². The Morgan fingerprint density at radius 2 is 2.05 bits per heavy atom. The van der Waals surface area contributed by atoms with Crippen molar-refractivity contribution in [3.05, 3.63) is 40.6 Å². The number of hydrogen-bond donors (Lipinski definition) is 1. The van der Waals surface area contributed by atoms with Crippen LogP contribution in [0.25, 0.3) is 10.9 Å². The molecule has 22 heavy (non-hydrogen) atoms. The average molecular weight is 298 g/mol. The molecular weight excluding hydrogens is 276 g/mol. The minimum Gasteiger partial charge on any atom is -0.395 e. The summed E-state index contributed by atoms with van der Waals surface area (Å²) in [6, 6.07) is 6.10. The van der Waals surface area contributed by atoms with Gasteiger partial charge in [0.1, 0.15) is 0 Å². The molecule has 1 aromatic carbocycles. The van der Waals surface area contributed by atoms with Crippen LogP contribution in [0.2, 0.25) is 0 Å². The van der Waals surface area contributed by atoms with Gasteiger partial charge in [0.2, 0.25) is 0 Å². The van der Waals surface area contributed by atoms with Gasteiger partial charge in [-0.3, -0.25) is 9.78 Å². The smallest absolute Gasteiger partial charge is 0.254 e. The molecule has 0 atom stereocenters. The quantitative estimate of drug-likeness (QED) is 0.944. The van der Waals surface area contributed by atoms with Gasteiger partial charge in [-0.2, -0.15) is 0 Å². The molecule has 2 aromatic rings. The zero-order valence-electron chi connectivity index (χ0n) is 13.4. The molecule has 3 rings (SSSR count). The van der Waals surface area contributed by atoms with Crippen LogP contribution in [-0.2, 0) is 0 Å². The zero-order valence-corrected chi connectivity index (χ0v) is 13.4. The number of rotatable bonds is 4. The van der Waals surface area contributed by atoms with Crippen molar-refractivity contribution in [1.29, 1.82) is 0 Å². The highest BCUT2D eigenvalue weighted by Crippen LogP contribution is 2.40. The van der Waals surface area contributed by atoms with Gasteiger partial charge in [-0.25, -0.2) is 0 Å². The van der Waals surface area contributed by atoms with Crippen LogP contribution < -0.4 is 0 Å². The highest BCUT2D eigenvalue weighted by molar-refractivity contribution is 6.07. The second-order valence-corrected chi connectivity index (χ2v) is 6.30. The Balaban J connectivity index is 2.19. The Hall–Kier alpha value is -1.94. The third-order valence-corrected chi connectivity index (χ3v) is 4.28. The van der Waals surface area contributed by atoms with Gasteiger partial charge in [-0.15, -0.1) is 0 Å². The van der Waals surface area contributed by atoms with E-state index in [4.69, 9.17) is 10.1 Å². The minimum atomic E-state index is -0.0478. The van der Waals surface area contributed by atoms with E-state index in [2.05, 4.69) is 6.07 Å². The van der Waals surface area contributed by atoms with E-state index in [1.807, 2.05) is 26.0 Å². The first-order chi connectivity index (χ1) is 10.5. The standard InChI is InChI=1S/C18H22N2O2/c1-11-8-12(2)17-14(9-11)15(18(22)20(3)6-7-21)10-16(19-17)13-4-5-13/h8-10,13,21H,4-7H2,1-3H3. The van der Waals surface area contributed by atoms with Crippen LogP contribution in [0.3, 0.4) is 0 Å².